The number of hydrogen-bond donors (Lipinski definition) is 0. The minimum atomic E-state index is -0.129. The number of rotatable bonds is 4. The smallest absolute Gasteiger partial charge is 0.274 e. The topological polar surface area (TPSA) is 45.6 Å². The molecule has 0 fully saturated rings. The van der Waals surface area contributed by atoms with Crippen LogP contribution in [-0.2, 0) is 12.8 Å². The van der Waals surface area contributed by atoms with E-state index in [0.717, 1.165) is 25.7 Å². The zero-order valence-electron chi connectivity index (χ0n) is 20.5. The summed E-state index contributed by atoms with van der Waals surface area (Å²) in [5, 5.41) is 2.37. The Morgan fingerprint density at radius 2 is 1.50 bits per heavy atom. The molecule has 0 bridgehead atoms. The van der Waals surface area contributed by atoms with Gasteiger partial charge >= 0.3 is 0 Å². The summed E-state index contributed by atoms with van der Waals surface area (Å²) in [5.41, 5.74) is 6.11. The van der Waals surface area contributed by atoms with Crippen LogP contribution in [-0.4, -0.2) is 27.7 Å². The molecule has 2 heterocycles. The van der Waals surface area contributed by atoms with Gasteiger partial charge in [-0.2, -0.15) is 0 Å². The minimum Gasteiger partial charge on any atom is -0.313 e. The molecule has 0 saturated carbocycles. The third kappa shape index (κ3) is 3.46. The predicted octanol–water partition coefficient (Wildman–Crippen LogP) is 4.97. The number of fused-ring (bicyclic) bond motifs is 3. The lowest BCUT2D eigenvalue weighted by Crippen LogP contribution is -2.64. The van der Waals surface area contributed by atoms with Gasteiger partial charge < -0.3 is 4.90 Å². The maximum absolute atomic E-state index is 13.8. The number of hydrogen-bond acceptors (Lipinski definition) is 3. The fourth-order valence-electron chi connectivity index (χ4n) is 5.79. The molecule has 176 valence electrons. The van der Waals surface area contributed by atoms with Crippen molar-refractivity contribution in [2.45, 2.75) is 71.6 Å². The van der Waals surface area contributed by atoms with Crippen molar-refractivity contribution in [1.29, 1.82) is 0 Å². The van der Waals surface area contributed by atoms with Crippen molar-refractivity contribution in [2.24, 2.45) is 0 Å². The summed E-state index contributed by atoms with van der Waals surface area (Å²) in [6.45, 7) is 8.08. The first-order chi connectivity index (χ1) is 16.4. The molecular formula is C29H33N3O2. The summed E-state index contributed by atoms with van der Waals surface area (Å²) in [7, 11) is 0. The second-order valence-electron chi connectivity index (χ2n) is 9.75. The molecule has 5 nitrogen and oxygen atoms in total. The van der Waals surface area contributed by atoms with Crippen LogP contribution in [0.25, 0.3) is 0 Å². The molecule has 34 heavy (non-hydrogen) atoms. The molecule has 1 aliphatic heterocycles. The van der Waals surface area contributed by atoms with Crippen LogP contribution >= 0.6 is 0 Å². The van der Waals surface area contributed by atoms with Crippen LogP contribution in [0.5, 0.6) is 0 Å². The zero-order chi connectivity index (χ0) is 24.0. The number of carbonyl (C=O) groups excluding carboxylic acids is 1. The van der Waals surface area contributed by atoms with Crippen LogP contribution in [0.3, 0.4) is 0 Å². The molecule has 3 aromatic rings. The highest BCUT2D eigenvalue weighted by Gasteiger charge is 2.44. The molecule has 0 saturated heterocycles. The summed E-state index contributed by atoms with van der Waals surface area (Å²) >= 11 is 0. The van der Waals surface area contributed by atoms with Gasteiger partial charge in [-0.15, -0.1) is 0 Å². The number of benzene rings is 2. The Labute approximate surface area is 201 Å². The maximum atomic E-state index is 13.8. The van der Waals surface area contributed by atoms with Crippen molar-refractivity contribution >= 4 is 5.91 Å². The van der Waals surface area contributed by atoms with Crippen LogP contribution < -0.4 is 10.4 Å². The molecule has 2 aromatic carbocycles. The highest BCUT2D eigenvalue weighted by molar-refractivity contribution is 5.95. The van der Waals surface area contributed by atoms with Gasteiger partial charge in [0.15, 0.2) is 5.43 Å². The highest BCUT2D eigenvalue weighted by Crippen LogP contribution is 2.40. The number of carbonyl (C=O) groups is 1. The quantitative estimate of drug-likeness (QED) is 0.558. The second-order valence-corrected chi connectivity index (χ2v) is 9.75. The molecule has 1 aromatic heterocycles. The van der Waals surface area contributed by atoms with E-state index in [1.165, 1.54) is 22.3 Å². The molecule has 5 rings (SSSR count). The zero-order valence-corrected chi connectivity index (χ0v) is 20.5. The van der Waals surface area contributed by atoms with Crippen molar-refractivity contribution in [3.8, 4) is 0 Å². The van der Waals surface area contributed by atoms with Crippen molar-refractivity contribution in [3.05, 3.63) is 105 Å². The first-order valence-electron chi connectivity index (χ1n) is 12.4. The van der Waals surface area contributed by atoms with Gasteiger partial charge in [0.2, 0.25) is 0 Å². The van der Waals surface area contributed by atoms with Gasteiger partial charge in [0.25, 0.3) is 5.91 Å². The standard InChI is InChI=1S/C29H33N3O2/c1-5-10-26-31(19(2)3)29(34)27-20(4)25(33)17-18-30(27)32(26)28-23-13-8-6-11-21(23)15-16-22-12-7-9-14-24(22)28/h6-9,11-14,17-19,26,28H,5,10,15-16H2,1-4H3. The van der Waals surface area contributed by atoms with Gasteiger partial charge in [0.1, 0.15) is 11.9 Å². The molecule has 0 spiro atoms. The lowest BCUT2D eigenvalue weighted by molar-refractivity contribution is 0.0451. The number of amides is 1. The van der Waals surface area contributed by atoms with E-state index in [1.807, 2.05) is 9.58 Å². The number of pyridine rings is 1. The monoisotopic (exact) mass is 455 g/mol. The molecule has 1 atom stereocenters. The van der Waals surface area contributed by atoms with Crippen molar-refractivity contribution in [1.82, 2.24) is 9.58 Å². The Hall–Kier alpha value is -3.34. The first-order valence-corrected chi connectivity index (χ1v) is 12.4. The highest BCUT2D eigenvalue weighted by atomic mass is 16.2. The van der Waals surface area contributed by atoms with E-state index in [1.54, 1.807) is 19.2 Å². The first kappa shape index (κ1) is 22.5. The maximum Gasteiger partial charge on any atom is 0.274 e. The van der Waals surface area contributed by atoms with Gasteiger partial charge in [0, 0.05) is 23.9 Å². The summed E-state index contributed by atoms with van der Waals surface area (Å²) in [6.07, 6.45) is 5.44. The lowest BCUT2D eigenvalue weighted by Gasteiger charge is -2.52. The Balaban J connectivity index is 1.85. The number of nitrogens with zero attached hydrogens (tertiary/aromatic N) is 3. The average molecular weight is 456 g/mol. The van der Waals surface area contributed by atoms with Crippen LogP contribution in [0, 0.1) is 6.92 Å². The van der Waals surface area contributed by atoms with Gasteiger partial charge in [-0.05, 0) is 62.3 Å². The molecule has 0 radical (unpaired) electrons. The van der Waals surface area contributed by atoms with E-state index in [9.17, 15) is 9.59 Å². The Kier molecular flexibility index (Phi) is 5.80. The Morgan fingerprint density at radius 1 is 0.912 bits per heavy atom. The third-order valence-electron chi connectivity index (χ3n) is 7.36. The fourth-order valence-corrected chi connectivity index (χ4v) is 5.79. The lowest BCUT2D eigenvalue weighted by atomic mass is 9.92. The van der Waals surface area contributed by atoms with Crippen LogP contribution in [0.1, 0.15) is 78.0 Å². The van der Waals surface area contributed by atoms with Crippen molar-refractivity contribution in [3.63, 3.8) is 0 Å². The van der Waals surface area contributed by atoms with E-state index >= 15 is 0 Å². The van der Waals surface area contributed by atoms with Crippen molar-refractivity contribution in [2.75, 3.05) is 5.01 Å². The van der Waals surface area contributed by atoms with Crippen LogP contribution in [0.15, 0.2) is 65.6 Å². The van der Waals surface area contributed by atoms with E-state index in [4.69, 9.17) is 0 Å². The molecule has 2 aliphatic rings. The van der Waals surface area contributed by atoms with E-state index in [0.29, 0.717) is 11.3 Å². The summed E-state index contributed by atoms with van der Waals surface area (Å²) in [6, 6.07) is 18.9. The molecule has 1 unspecified atom stereocenters. The van der Waals surface area contributed by atoms with Crippen molar-refractivity contribution < 1.29 is 4.79 Å². The second kappa shape index (κ2) is 8.79. The van der Waals surface area contributed by atoms with Gasteiger partial charge in [0.05, 0.1) is 6.04 Å². The van der Waals surface area contributed by atoms with E-state index in [-0.39, 0.29) is 29.6 Å². The molecule has 1 amide bonds. The van der Waals surface area contributed by atoms with E-state index in [2.05, 4.69) is 74.3 Å². The minimum absolute atomic E-state index is 0.00581. The van der Waals surface area contributed by atoms with Gasteiger partial charge in [-0.3, -0.25) is 19.3 Å². The normalized spacial score (nSPS) is 17.9. The van der Waals surface area contributed by atoms with Gasteiger partial charge in [-0.1, -0.05) is 61.9 Å². The third-order valence-corrected chi connectivity index (χ3v) is 7.36. The fraction of sp³-hybridized carbons (Fsp3) is 0.379. The number of aromatic nitrogens is 1. The Morgan fingerprint density at radius 3 is 2.06 bits per heavy atom. The Bertz CT molecular complexity index is 1250. The number of aryl methyl sites for hydroxylation is 2. The van der Waals surface area contributed by atoms with Crippen LogP contribution in [0.2, 0.25) is 0 Å². The molecule has 0 N–H and O–H groups in total. The predicted molar refractivity (Wildman–Crippen MR) is 136 cm³/mol. The molecule has 5 heteroatoms. The molecule has 1 aliphatic carbocycles. The summed E-state index contributed by atoms with van der Waals surface area (Å²) in [4.78, 5) is 28.5. The molecular weight excluding hydrogens is 422 g/mol. The van der Waals surface area contributed by atoms with E-state index < -0.39 is 0 Å². The summed E-state index contributed by atoms with van der Waals surface area (Å²) < 4.78 is 1.99. The largest absolute Gasteiger partial charge is 0.313 e. The average Bonchev–Trinajstić information content (AvgIpc) is 2.99. The summed E-state index contributed by atoms with van der Waals surface area (Å²) in [5.74, 6) is -0.0601. The SMILES string of the molecule is CCCC1N(C(C)C)C(=O)c2c(C)c(=O)ccn2N1C1c2ccccc2CCc2ccccc21. The van der Waals surface area contributed by atoms with Gasteiger partial charge in [-0.25, -0.2) is 0 Å². The van der Waals surface area contributed by atoms with Crippen LogP contribution in [0.4, 0.5) is 0 Å².